The molecule has 0 bridgehead atoms. The quantitative estimate of drug-likeness (QED) is 0.465. The SMILES string of the molecule is CC(C)CC(=O)NC(=S)Nc1ccc(-c2cc3ccccc3oc2=O)c(Cl)c1. The second kappa shape index (κ2) is 8.54. The zero-order valence-electron chi connectivity index (χ0n) is 15.4. The first-order valence-corrected chi connectivity index (χ1v) is 9.56. The number of nitrogens with one attached hydrogen (secondary N) is 2. The molecule has 1 heterocycles. The predicted molar refractivity (Wildman–Crippen MR) is 117 cm³/mol. The van der Waals surface area contributed by atoms with Gasteiger partial charge in [0.1, 0.15) is 5.58 Å². The molecule has 2 N–H and O–H groups in total. The van der Waals surface area contributed by atoms with Gasteiger partial charge in [-0.05, 0) is 42.4 Å². The zero-order valence-corrected chi connectivity index (χ0v) is 17.0. The molecule has 1 amide bonds. The number of halogens is 1. The molecule has 0 unspecified atom stereocenters. The zero-order chi connectivity index (χ0) is 20.3. The summed E-state index contributed by atoms with van der Waals surface area (Å²) < 4.78 is 5.37. The number of amides is 1. The van der Waals surface area contributed by atoms with E-state index in [2.05, 4.69) is 10.6 Å². The van der Waals surface area contributed by atoms with E-state index in [4.69, 9.17) is 28.2 Å². The number of hydrogen-bond donors (Lipinski definition) is 2. The van der Waals surface area contributed by atoms with Gasteiger partial charge in [0, 0.05) is 23.1 Å². The molecule has 28 heavy (non-hydrogen) atoms. The average molecular weight is 415 g/mol. The molecule has 7 heteroatoms. The van der Waals surface area contributed by atoms with Crippen LogP contribution >= 0.6 is 23.8 Å². The molecule has 0 saturated carbocycles. The van der Waals surface area contributed by atoms with Crippen LogP contribution in [0, 0.1) is 5.92 Å². The summed E-state index contributed by atoms with van der Waals surface area (Å²) in [6, 6.07) is 14.1. The van der Waals surface area contributed by atoms with Crippen LogP contribution in [0.5, 0.6) is 0 Å². The number of anilines is 1. The van der Waals surface area contributed by atoms with Gasteiger partial charge in [0.25, 0.3) is 0 Å². The van der Waals surface area contributed by atoms with Gasteiger partial charge in [-0.2, -0.15) is 0 Å². The fourth-order valence-electron chi connectivity index (χ4n) is 2.77. The van der Waals surface area contributed by atoms with Gasteiger partial charge in [0.15, 0.2) is 5.11 Å². The molecule has 0 radical (unpaired) electrons. The smallest absolute Gasteiger partial charge is 0.344 e. The number of benzene rings is 2. The van der Waals surface area contributed by atoms with Crippen molar-refractivity contribution in [2.45, 2.75) is 20.3 Å². The lowest BCUT2D eigenvalue weighted by Crippen LogP contribution is -2.34. The highest BCUT2D eigenvalue weighted by molar-refractivity contribution is 7.80. The Balaban J connectivity index is 1.81. The number of para-hydroxylation sites is 1. The third-order valence-electron chi connectivity index (χ3n) is 4.01. The standard InChI is InChI=1S/C21H19ClN2O3S/c1-12(2)9-19(25)24-21(28)23-14-7-8-15(17(22)11-14)16-10-13-5-3-4-6-18(13)27-20(16)26/h3-8,10-12H,9H2,1-2H3,(H2,23,24,25,28). The van der Waals surface area contributed by atoms with Gasteiger partial charge in [-0.25, -0.2) is 4.79 Å². The fourth-order valence-corrected chi connectivity index (χ4v) is 3.29. The topological polar surface area (TPSA) is 71.3 Å². The van der Waals surface area contributed by atoms with Crippen LogP contribution in [0.25, 0.3) is 22.1 Å². The van der Waals surface area contributed by atoms with Crippen molar-refractivity contribution in [3.63, 3.8) is 0 Å². The van der Waals surface area contributed by atoms with Gasteiger partial charge >= 0.3 is 5.63 Å². The van der Waals surface area contributed by atoms with E-state index in [-0.39, 0.29) is 16.9 Å². The molecule has 3 rings (SSSR count). The summed E-state index contributed by atoms with van der Waals surface area (Å²) in [5.41, 5.74) is 1.60. The molecule has 0 aliphatic rings. The van der Waals surface area contributed by atoms with E-state index >= 15 is 0 Å². The van der Waals surface area contributed by atoms with E-state index in [0.29, 0.717) is 33.8 Å². The van der Waals surface area contributed by atoms with E-state index < -0.39 is 5.63 Å². The van der Waals surface area contributed by atoms with Gasteiger partial charge in [0.2, 0.25) is 5.91 Å². The monoisotopic (exact) mass is 414 g/mol. The van der Waals surface area contributed by atoms with Crippen LogP contribution in [0.4, 0.5) is 5.69 Å². The second-order valence-electron chi connectivity index (χ2n) is 6.78. The number of thiocarbonyl (C=S) groups is 1. The van der Waals surface area contributed by atoms with E-state index in [9.17, 15) is 9.59 Å². The lowest BCUT2D eigenvalue weighted by Gasteiger charge is -2.12. The predicted octanol–water partition coefficient (Wildman–Crippen LogP) is 4.97. The molecular weight excluding hydrogens is 396 g/mol. The Bertz CT molecular complexity index is 1110. The third-order valence-corrected chi connectivity index (χ3v) is 4.52. The maximum atomic E-state index is 12.3. The molecule has 1 aromatic heterocycles. The number of carbonyl (C=O) groups excluding carboxylic acids is 1. The normalized spacial score (nSPS) is 10.9. The van der Waals surface area contributed by atoms with Crippen LogP contribution in [0.3, 0.4) is 0 Å². The average Bonchev–Trinajstić information content (AvgIpc) is 2.60. The maximum absolute atomic E-state index is 12.3. The van der Waals surface area contributed by atoms with Crippen molar-refractivity contribution in [3.05, 3.63) is 64.0 Å². The number of hydrogen-bond acceptors (Lipinski definition) is 4. The van der Waals surface area contributed by atoms with Crippen LogP contribution in [0.2, 0.25) is 5.02 Å². The molecular formula is C21H19ClN2O3S. The molecule has 0 saturated heterocycles. The van der Waals surface area contributed by atoms with E-state index in [1.54, 1.807) is 36.4 Å². The van der Waals surface area contributed by atoms with Crippen molar-refractivity contribution in [1.29, 1.82) is 0 Å². The fraction of sp³-hybridized carbons (Fsp3) is 0.190. The van der Waals surface area contributed by atoms with Crippen LogP contribution < -0.4 is 16.3 Å². The first kappa shape index (κ1) is 20.0. The van der Waals surface area contributed by atoms with Crippen LogP contribution in [0.15, 0.2) is 57.7 Å². The van der Waals surface area contributed by atoms with Crippen LogP contribution in [-0.2, 0) is 4.79 Å². The van der Waals surface area contributed by atoms with E-state index in [0.717, 1.165) is 5.39 Å². The van der Waals surface area contributed by atoms with Gasteiger partial charge in [-0.15, -0.1) is 0 Å². The largest absolute Gasteiger partial charge is 0.422 e. The summed E-state index contributed by atoms with van der Waals surface area (Å²) in [5, 5.41) is 6.92. The third kappa shape index (κ3) is 4.77. The Kier molecular flexibility index (Phi) is 6.11. The molecule has 0 aliphatic heterocycles. The number of fused-ring (bicyclic) bond motifs is 1. The minimum absolute atomic E-state index is 0.149. The lowest BCUT2D eigenvalue weighted by atomic mass is 10.1. The highest BCUT2D eigenvalue weighted by Crippen LogP contribution is 2.30. The molecule has 0 spiro atoms. The Morgan fingerprint density at radius 1 is 1.14 bits per heavy atom. The highest BCUT2D eigenvalue weighted by atomic mass is 35.5. The van der Waals surface area contributed by atoms with Gasteiger partial charge in [-0.1, -0.05) is 49.7 Å². The molecule has 5 nitrogen and oxygen atoms in total. The van der Waals surface area contributed by atoms with Crippen molar-refractivity contribution in [2.24, 2.45) is 5.92 Å². The van der Waals surface area contributed by atoms with Crippen molar-refractivity contribution in [2.75, 3.05) is 5.32 Å². The Hall–Kier alpha value is -2.70. The summed E-state index contributed by atoms with van der Waals surface area (Å²) in [6.07, 6.45) is 0.388. The number of rotatable bonds is 4. The first-order chi connectivity index (χ1) is 13.3. The molecule has 0 atom stereocenters. The van der Waals surface area contributed by atoms with Crippen molar-refractivity contribution >= 4 is 51.5 Å². The Labute approximate surface area is 172 Å². The summed E-state index contributed by atoms with van der Waals surface area (Å²) >= 11 is 11.6. The maximum Gasteiger partial charge on any atom is 0.344 e. The lowest BCUT2D eigenvalue weighted by molar-refractivity contribution is -0.120. The molecule has 0 fully saturated rings. The van der Waals surface area contributed by atoms with Gasteiger partial charge in [0.05, 0.1) is 10.6 Å². The summed E-state index contributed by atoms with van der Waals surface area (Å²) in [5.74, 6) is 0.0918. The Morgan fingerprint density at radius 3 is 2.61 bits per heavy atom. The van der Waals surface area contributed by atoms with Crippen LogP contribution in [-0.4, -0.2) is 11.0 Å². The molecule has 2 aromatic carbocycles. The summed E-state index contributed by atoms with van der Waals surface area (Å²) in [6.45, 7) is 3.91. The van der Waals surface area contributed by atoms with Crippen molar-refractivity contribution in [3.8, 4) is 11.1 Å². The minimum Gasteiger partial charge on any atom is -0.422 e. The molecule has 144 valence electrons. The summed E-state index contributed by atoms with van der Waals surface area (Å²) in [7, 11) is 0. The molecule has 0 aliphatic carbocycles. The van der Waals surface area contributed by atoms with Crippen LogP contribution in [0.1, 0.15) is 20.3 Å². The van der Waals surface area contributed by atoms with E-state index in [1.165, 1.54) is 0 Å². The highest BCUT2D eigenvalue weighted by Gasteiger charge is 2.13. The van der Waals surface area contributed by atoms with Crippen molar-refractivity contribution in [1.82, 2.24) is 5.32 Å². The van der Waals surface area contributed by atoms with Gasteiger partial charge in [-0.3, -0.25) is 4.79 Å². The second-order valence-corrected chi connectivity index (χ2v) is 7.60. The first-order valence-electron chi connectivity index (χ1n) is 8.77. The Morgan fingerprint density at radius 2 is 1.89 bits per heavy atom. The van der Waals surface area contributed by atoms with Crippen molar-refractivity contribution < 1.29 is 9.21 Å². The molecule has 3 aromatic rings. The minimum atomic E-state index is -0.460. The number of carbonyl (C=O) groups is 1. The van der Waals surface area contributed by atoms with E-state index in [1.807, 2.05) is 26.0 Å². The van der Waals surface area contributed by atoms with Gasteiger partial charge < -0.3 is 15.1 Å². The summed E-state index contributed by atoms with van der Waals surface area (Å²) in [4.78, 5) is 24.1.